The highest BCUT2D eigenvalue weighted by Crippen LogP contribution is 2.22. The van der Waals surface area contributed by atoms with Gasteiger partial charge < -0.3 is 10.1 Å². The average Bonchev–Trinajstić information content (AvgIpc) is 2.52. The monoisotopic (exact) mass is 358 g/mol. The molecule has 6 heteroatoms. The van der Waals surface area contributed by atoms with Gasteiger partial charge in [-0.2, -0.15) is 0 Å². The molecule has 4 nitrogen and oxygen atoms in total. The Balaban J connectivity index is 1.86. The number of rotatable bonds is 6. The van der Waals surface area contributed by atoms with Crippen LogP contribution in [0.1, 0.15) is 19.4 Å². The molecule has 1 aromatic carbocycles. The van der Waals surface area contributed by atoms with Crippen molar-refractivity contribution < 1.29 is 9.53 Å². The van der Waals surface area contributed by atoms with E-state index in [0.717, 1.165) is 31.9 Å². The molecule has 0 radical (unpaired) electrons. The second kappa shape index (κ2) is 8.88. The van der Waals surface area contributed by atoms with E-state index in [-0.39, 0.29) is 5.91 Å². The quantitative estimate of drug-likeness (QED) is 0.849. The molecule has 0 spiro atoms. The molecule has 1 aliphatic heterocycles. The third-order valence-corrected chi connectivity index (χ3v) is 4.88. The summed E-state index contributed by atoms with van der Waals surface area (Å²) in [7, 11) is 0. The number of benzene rings is 1. The molecule has 2 rings (SSSR count). The molecule has 1 aromatic rings. The smallest absolute Gasteiger partial charge is 0.224 e. The van der Waals surface area contributed by atoms with E-state index in [1.807, 2.05) is 6.07 Å². The SMILES string of the molecule is CC(C)C(CNC(=O)Cc1ccc(Cl)c(Cl)c1)N1CCOCC1. The van der Waals surface area contributed by atoms with Crippen molar-refractivity contribution >= 4 is 29.1 Å². The molecule has 0 bridgehead atoms. The van der Waals surface area contributed by atoms with Crippen molar-refractivity contribution in [3.05, 3.63) is 33.8 Å². The van der Waals surface area contributed by atoms with Crippen molar-refractivity contribution in [3.63, 3.8) is 0 Å². The number of nitrogens with zero attached hydrogens (tertiary/aromatic N) is 1. The van der Waals surface area contributed by atoms with Crippen molar-refractivity contribution in [3.8, 4) is 0 Å². The Labute approximate surface area is 148 Å². The number of carbonyl (C=O) groups excluding carboxylic acids is 1. The van der Waals surface area contributed by atoms with Gasteiger partial charge in [0, 0.05) is 25.7 Å². The fourth-order valence-electron chi connectivity index (χ4n) is 2.81. The maximum absolute atomic E-state index is 12.2. The van der Waals surface area contributed by atoms with Crippen LogP contribution in [-0.2, 0) is 16.0 Å². The first-order chi connectivity index (χ1) is 11.0. The molecule has 1 aliphatic rings. The van der Waals surface area contributed by atoms with Gasteiger partial charge >= 0.3 is 0 Å². The predicted molar refractivity (Wildman–Crippen MR) is 94.2 cm³/mol. The van der Waals surface area contributed by atoms with Gasteiger partial charge in [0.15, 0.2) is 0 Å². The molecule has 1 atom stereocenters. The van der Waals surface area contributed by atoms with Crippen LogP contribution >= 0.6 is 23.2 Å². The van der Waals surface area contributed by atoms with Gasteiger partial charge in [-0.15, -0.1) is 0 Å². The Morgan fingerprint density at radius 2 is 1.96 bits per heavy atom. The number of halogens is 2. The third kappa shape index (κ3) is 5.64. The zero-order valence-corrected chi connectivity index (χ0v) is 15.2. The number of morpholine rings is 1. The Morgan fingerprint density at radius 1 is 1.26 bits per heavy atom. The lowest BCUT2D eigenvalue weighted by molar-refractivity contribution is -0.120. The van der Waals surface area contributed by atoms with E-state index in [1.54, 1.807) is 12.1 Å². The van der Waals surface area contributed by atoms with Crippen LogP contribution in [0.15, 0.2) is 18.2 Å². The molecule has 1 unspecified atom stereocenters. The largest absolute Gasteiger partial charge is 0.379 e. The van der Waals surface area contributed by atoms with E-state index < -0.39 is 0 Å². The van der Waals surface area contributed by atoms with Gasteiger partial charge in [-0.3, -0.25) is 9.69 Å². The fraction of sp³-hybridized carbons (Fsp3) is 0.588. The van der Waals surface area contributed by atoms with Crippen LogP contribution in [0.2, 0.25) is 10.0 Å². The average molecular weight is 359 g/mol. The highest BCUT2D eigenvalue weighted by molar-refractivity contribution is 6.42. The Morgan fingerprint density at radius 3 is 2.57 bits per heavy atom. The van der Waals surface area contributed by atoms with E-state index in [0.29, 0.717) is 35.0 Å². The maximum Gasteiger partial charge on any atom is 0.224 e. The van der Waals surface area contributed by atoms with E-state index in [2.05, 4.69) is 24.1 Å². The highest BCUT2D eigenvalue weighted by Gasteiger charge is 2.24. The Hall–Kier alpha value is -0.810. The summed E-state index contributed by atoms with van der Waals surface area (Å²) in [6.07, 6.45) is 0.310. The first-order valence-electron chi connectivity index (χ1n) is 8.00. The van der Waals surface area contributed by atoms with Crippen molar-refractivity contribution in [1.82, 2.24) is 10.2 Å². The summed E-state index contributed by atoms with van der Waals surface area (Å²) >= 11 is 11.9. The van der Waals surface area contributed by atoms with Gasteiger partial charge in [0.05, 0.1) is 29.7 Å². The van der Waals surface area contributed by atoms with Gasteiger partial charge in [-0.1, -0.05) is 43.1 Å². The number of carbonyl (C=O) groups is 1. The number of nitrogens with one attached hydrogen (secondary N) is 1. The standard InChI is InChI=1S/C17H24Cl2N2O2/c1-12(2)16(21-5-7-23-8-6-21)11-20-17(22)10-13-3-4-14(18)15(19)9-13/h3-4,9,12,16H,5-8,10-11H2,1-2H3,(H,20,22). The fourth-order valence-corrected chi connectivity index (χ4v) is 3.13. The van der Waals surface area contributed by atoms with Crippen LogP contribution in [0.4, 0.5) is 0 Å². The third-order valence-electron chi connectivity index (χ3n) is 4.14. The first-order valence-corrected chi connectivity index (χ1v) is 8.75. The molecular weight excluding hydrogens is 335 g/mol. The van der Waals surface area contributed by atoms with E-state index in [9.17, 15) is 4.79 Å². The molecule has 1 N–H and O–H groups in total. The maximum atomic E-state index is 12.2. The summed E-state index contributed by atoms with van der Waals surface area (Å²) in [5.41, 5.74) is 0.865. The molecular formula is C17H24Cl2N2O2. The molecule has 23 heavy (non-hydrogen) atoms. The summed E-state index contributed by atoms with van der Waals surface area (Å²) in [6.45, 7) is 8.40. The predicted octanol–water partition coefficient (Wildman–Crippen LogP) is 3.01. The number of hydrogen-bond acceptors (Lipinski definition) is 3. The van der Waals surface area contributed by atoms with Crippen molar-refractivity contribution in [2.45, 2.75) is 26.3 Å². The molecule has 128 valence electrons. The van der Waals surface area contributed by atoms with Crippen LogP contribution in [0, 0.1) is 5.92 Å². The van der Waals surface area contributed by atoms with Crippen LogP contribution in [0.25, 0.3) is 0 Å². The van der Waals surface area contributed by atoms with E-state index >= 15 is 0 Å². The molecule has 0 aromatic heterocycles. The normalized spacial score (nSPS) is 17.3. The summed E-state index contributed by atoms with van der Waals surface area (Å²) in [5, 5.41) is 4.03. The van der Waals surface area contributed by atoms with E-state index in [4.69, 9.17) is 27.9 Å². The van der Waals surface area contributed by atoms with Crippen LogP contribution < -0.4 is 5.32 Å². The first kappa shape index (κ1) is 18.5. The zero-order valence-electron chi connectivity index (χ0n) is 13.6. The van der Waals surface area contributed by atoms with Gasteiger partial charge in [0.2, 0.25) is 5.91 Å². The topological polar surface area (TPSA) is 41.6 Å². The van der Waals surface area contributed by atoms with Gasteiger partial charge in [-0.05, 0) is 23.6 Å². The summed E-state index contributed by atoms with van der Waals surface area (Å²) < 4.78 is 5.40. The van der Waals surface area contributed by atoms with Gasteiger partial charge in [0.1, 0.15) is 0 Å². The van der Waals surface area contributed by atoms with Crippen molar-refractivity contribution in [2.75, 3.05) is 32.8 Å². The zero-order chi connectivity index (χ0) is 16.8. The molecule has 1 heterocycles. The molecule has 1 saturated heterocycles. The second-order valence-corrected chi connectivity index (χ2v) is 7.00. The van der Waals surface area contributed by atoms with E-state index in [1.165, 1.54) is 0 Å². The minimum Gasteiger partial charge on any atom is -0.379 e. The lowest BCUT2D eigenvalue weighted by Gasteiger charge is -2.36. The summed E-state index contributed by atoms with van der Waals surface area (Å²) in [6, 6.07) is 5.62. The van der Waals surface area contributed by atoms with Crippen LogP contribution in [0.5, 0.6) is 0 Å². The molecule has 1 amide bonds. The minimum atomic E-state index is 0.00213. The van der Waals surface area contributed by atoms with Crippen LogP contribution in [0.3, 0.4) is 0 Å². The minimum absolute atomic E-state index is 0.00213. The Bertz CT molecular complexity index is 531. The Kier molecular flexibility index (Phi) is 7.15. The highest BCUT2D eigenvalue weighted by atomic mass is 35.5. The molecule has 1 fully saturated rings. The van der Waals surface area contributed by atoms with Gasteiger partial charge in [0.25, 0.3) is 0 Å². The molecule has 0 saturated carbocycles. The lowest BCUT2D eigenvalue weighted by Crippen LogP contribution is -2.51. The second-order valence-electron chi connectivity index (χ2n) is 6.19. The number of amides is 1. The van der Waals surface area contributed by atoms with Gasteiger partial charge in [-0.25, -0.2) is 0 Å². The molecule has 0 aliphatic carbocycles. The van der Waals surface area contributed by atoms with Crippen LogP contribution in [-0.4, -0.2) is 49.7 Å². The number of hydrogen-bond donors (Lipinski definition) is 1. The summed E-state index contributed by atoms with van der Waals surface area (Å²) in [4.78, 5) is 14.6. The summed E-state index contributed by atoms with van der Waals surface area (Å²) in [5.74, 6) is 0.473. The van der Waals surface area contributed by atoms with Crippen molar-refractivity contribution in [1.29, 1.82) is 0 Å². The number of ether oxygens (including phenoxy) is 1. The van der Waals surface area contributed by atoms with Crippen molar-refractivity contribution in [2.24, 2.45) is 5.92 Å². The lowest BCUT2D eigenvalue weighted by atomic mass is 10.0.